The van der Waals surface area contributed by atoms with Gasteiger partial charge >= 0.3 is 0 Å². The van der Waals surface area contributed by atoms with Crippen molar-refractivity contribution in [1.29, 1.82) is 0 Å². The molecule has 1 aromatic carbocycles. The van der Waals surface area contributed by atoms with Gasteiger partial charge in [-0.1, -0.05) is 44.2 Å². The minimum Gasteiger partial charge on any atom is -0.351 e. The Balaban J connectivity index is 1.61. The van der Waals surface area contributed by atoms with Gasteiger partial charge in [-0.25, -0.2) is 4.98 Å². The van der Waals surface area contributed by atoms with Crippen LogP contribution in [0.25, 0.3) is 0 Å². The molecule has 0 bridgehead atoms. The van der Waals surface area contributed by atoms with Crippen molar-refractivity contribution < 1.29 is 9.59 Å². The predicted molar refractivity (Wildman–Crippen MR) is 114 cm³/mol. The molecule has 0 atom stereocenters. The van der Waals surface area contributed by atoms with Gasteiger partial charge in [0.25, 0.3) is 11.8 Å². The molecule has 2 amide bonds. The van der Waals surface area contributed by atoms with Gasteiger partial charge in [0.15, 0.2) is 5.82 Å². The number of carbonyl (C=O) groups excluding carboxylic acids is 2. The SMILES string of the molecule is CC(C)CCNC(=O)c1nc(C(=O)NCCCc2ccccc2)c2n1CCCC2. The second-order valence-electron chi connectivity index (χ2n) is 8.12. The first-order valence-electron chi connectivity index (χ1n) is 10.8. The van der Waals surface area contributed by atoms with Crippen LogP contribution in [0.5, 0.6) is 0 Å². The van der Waals surface area contributed by atoms with E-state index in [9.17, 15) is 9.59 Å². The third-order valence-corrected chi connectivity index (χ3v) is 5.31. The molecule has 0 fully saturated rings. The molecule has 0 aliphatic carbocycles. The maximum atomic E-state index is 12.7. The van der Waals surface area contributed by atoms with Crippen LogP contribution in [0.2, 0.25) is 0 Å². The van der Waals surface area contributed by atoms with Crippen molar-refractivity contribution in [2.24, 2.45) is 5.92 Å². The summed E-state index contributed by atoms with van der Waals surface area (Å²) in [6.45, 7) is 6.22. The normalized spacial score (nSPS) is 13.2. The Morgan fingerprint density at radius 3 is 2.59 bits per heavy atom. The van der Waals surface area contributed by atoms with Gasteiger partial charge in [0.1, 0.15) is 5.69 Å². The van der Waals surface area contributed by atoms with Crippen LogP contribution >= 0.6 is 0 Å². The number of fused-ring (bicyclic) bond motifs is 1. The van der Waals surface area contributed by atoms with Gasteiger partial charge in [0, 0.05) is 19.6 Å². The molecule has 3 rings (SSSR count). The van der Waals surface area contributed by atoms with E-state index in [0.29, 0.717) is 30.5 Å². The van der Waals surface area contributed by atoms with Gasteiger partial charge < -0.3 is 15.2 Å². The van der Waals surface area contributed by atoms with Crippen molar-refractivity contribution in [3.05, 3.63) is 53.1 Å². The molecule has 0 saturated heterocycles. The summed E-state index contributed by atoms with van der Waals surface area (Å²) in [5.74, 6) is 0.543. The van der Waals surface area contributed by atoms with Crippen LogP contribution in [0, 0.1) is 5.92 Å². The van der Waals surface area contributed by atoms with Crippen molar-refractivity contribution in [3.63, 3.8) is 0 Å². The van der Waals surface area contributed by atoms with E-state index >= 15 is 0 Å². The van der Waals surface area contributed by atoms with E-state index in [4.69, 9.17) is 0 Å². The van der Waals surface area contributed by atoms with Crippen LogP contribution in [-0.4, -0.2) is 34.5 Å². The lowest BCUT2D eigenvalue weighted by atomic mass is 10.1. The zero-order chi connectivity index (χ0) is 20.6. The van der Waals surface area contributed by atoms with Crippen molar-refractivity contribution in [2.75, 3.05) is 13.1 Å². The number of aromatic nitrogens is 2. The van der Waals surface area contributed by atoms with Gasteiger partial charge in [0.2, 0.25) is 0 Å². The highest BCUT2D eigenvalue weighted by Crippen LogP contribution is 2.21. The average Bonchev–Trinajstić information content (AvgIpc) is 3.11. The van der Waals surface area contributed by atoms with E-state index < -0.39 is 0 Å². The Labute approximate surface area is 173 Å². The number of hydrogen-bond donors (Lipinski definition) is 2. The average molecular weight is 397 g/mol. The maximum absolute atomic E-state index is 12.7. The van der Waals surface area contributed by atoms with Gasteiger partial charge in [-0.2, -0.15) is 0 Å². The van der Waals surface area contributed by atoms with Crippen molar-refractivity contribution in [2.45, 2.75) is 58.9 Å². The van der Waals surface area contributed by atoms with Crippen LogP contribution in [0.1, 0.15) is 71.9 Å². The summed E-state index contributed by atoms with van der Waals surface area (Å²) in [7, 11) is 0. The molecule has 1 aromatic heterocycles. The zero-order valence-electron chi connectivity index (χ0n) is 17.5. The molecule has 0 radical (unpaired) electrons. The molecule has 2 heterocycles. The van der Waals surface area contributed by atoms with E-state index in [-0.39, 0.29) is 11.8 Å². The first-order valence-corrected chi connectivity index (χ1v) is 10.8. The molecule has 6 nitrogen and oxygen atoms in total. The number of rotatable bonds is 9. The van der Waals surface area contributed by atoms with Crippen LogP contribution in [0.15, 0.2) is 30.3 Å². The van der Waals surface area contributed by atoms with Gasteiger partial charge in [-0.3, -0.25) is 9.59 Å². The van der Waals surface area contributed by atoms with Gasteiger partial charge in [-0.05, 0) is 50.0 Å². The summed E-state index contributed by atoms with van der Waals surface area (Å²) < 4.78 is 1.94. The van der Waals surface area contributed by atoms with Crippen LogP contribution in [-0.2, 0) is 19.4 Å². The lowest BCUT2D eigenvalue weighted by molar-refractivity contribution is 0.0936. The minimum absolute atomic E-state index is 0.176. The van der Waals surface area contributed by atoms with Crippen molar-refractivity contribution in [1.82, 2.24) is 20.2 Å². The predicted octanol–water partition coefficient (Wildman–Crippen LogP) is 3.36. The molecule has 0 unspecified atom stereocenters. The molecule has 6 heteroatoms. The standard InChI is InChI=1S/C23H32N4O2/c1-17(2)13-15-25-23(29)21-26-20(19-12-6-7-16-27(19)21)22(28)24-14-8-11-18-9-4-3-5-10-18/h3-5,9-10,17H,6-8,11-16H2,1-2H3,(H,24,28)(H,25,29). The third kappa shape index (κ3) is 5.68. The first kappa shape index (κ1) is 21.1. The third-order valence-electron chi connectivity index (χ3n) is 5.31. The Bertz CT molecular complexity index is 827. The van der Waals surface area contributed by atoms with Crippen LogP contribution in [0.3, 0.4) is 0 Å². The lowest BCUT2D eigenvalue weighted by Gasteiger charge is -2.17. The van der Waals surface area contributed by atoms with E-state index in [1.54, 1.807) is 0 Å². The number of carbonyl (C=O) groups is 2. The summed E-state index contributed by atoms with van der Waals surface area (Å²) >= 11 is 0. The molecular formula is C23H32N4O2. The van der Waals surface area contributed by atoms with Gasteiger partial charge in [-0.15, -0.1) is 0 Å². The summed E-state index contributed by atoms with van der Waals surface area (Å²) in [5, 5.41) is 5.93. The fourth-order valence-corrected chi connectivity index (χ4v) is 3.67. The largest absolute Gasteiger partial charge is 0.351 e. The number of nitrogens with one attached hydrogen (secondary N) is 2. The molecule has 0 spiro atoms. The molecule has 2 aromatic rings. The quantitative estimate of drug-likeness (QED) is 0.638. The maximum Gasteiger partial charge on any atom is 0.287 e. The second-order valence-corrected chi connectivity index (χ2v) is 8.12. The smallest absolute Gasteiger partial charge is 0.287 e. The Morgan fingerprint density at radius 1 is 1.07 bits per heavy atom. The number of aryl methyl sites for hydroxylation is 1. The summed E-state index contributed by atoms with van der Waals surface area (Å²) in [6, 6.07) is 10.2. The summed E-state index contributed by atoms with van der Waals surface area (Å²) in [5.41, 5.74) is 2.57. The second kappa shape index (κ2) is 10.2. The topological polar surface area (TPSA) is 76.0 Å². The van der Waals surface area contributed by atoms with E-state index in [2.05, 4.69) is 41.6 Å². The number of amides is 2. The highest BCUT2D eigenvalue weighted by Gasteiger charge is 2.27. The highest BCUT2D eigenvalue weighted by molar-refractivity contribution is 5.97. The molecule has 156 valence electrons. The Kier molecular flexibility index (Phi) is 7.44. The highest BCUT2D eigenvalue weighted by atomic mass is 16.2. The molecule has 1 aliphatic heterocycles. The van der Waals surface area contributed by atoms with Gasteiger partial charge in [0.05, 0.1) is 5.69 Å². The van der Waals surface area contributed by atoms with Crippen LogP contribution < -0.4 is 10.6 Å². The van der Waals surface area contributed by atoms with E-state index in [0.717, 1.165) is 50.8 Å². The summed E-state index contributed by atoms with van der Waals surface area (Å²) in [4.78, 5) is 29.8. The van der Waals surface area contributed by atoms with E-state index in [1.165, 1.54) is 5.56 Å². The fourth-order valence-electron chi connectivity index (χ4n) is 3.67. The van der Waals surface area contributed by atoms with Crippen LogP contribution in [0.4, 0.5) is 0 Å². The number of benzene rings is 1. The van der Waals surface area contributed by atoms with Crippen molar-refractivity contribution in [3.8, 4) is 0 Å². The fraction of sp³-hybridized carbons (Fsp3) is 0.522. The summed E-state index contributed by atoms with van der Waals surface area (Å²) in [6.07, 6.45) is 5.54. The molecular weight excluding hydrogens is 364 g/mol. The molecule has 29 heavy (non-hydrogen) atoms. The van der Waals surface area contributed by atoms with Crippen molar-refractivity contribution >= 4 is 11.8 Å². The Hall–Kier alpha value is -2.63. The minimum atomic E-state index is -0.183. The lowest BCUT2D eigenvalue weighted by Crippen LogP contribution is -2.29. The molecule has 1 aliphatic rings. The number of hydrogen-bond acceptors (Lipinski definition) is 3. The van der Waals surface area contributed by atoms with E-state index in [1.807, 2.05) is 22.8 Å². The zero-order valence-corrected chi connectivity index (χ0v) is 17.5. The molecule has 2 N–H and O–H groups in total. The first-order chi connectivity index (χ1) is 14.1. The Morgan fingerprint density at radius 2 is 1.83 bits per heavy atom. The monoisotopic (exact) mass is 396 g/mol. The number of nitrogens with zero attached hydrogens (tertiary/aromatic N) is 2. The molecule has 0 saturated carbocycles. The number of imidazole rings is 1.